The zero-order chi connectivity index (χ0) is 12.2. The van der Waals surface area contributed by atoms with Crippen molar-refractivity contribution in [2.45, 2.75) is 12.3 Å². The van der Waals surface area contributed by atoms with Gasteiger partial charge in [0.05, 0.1) is 5.02 Å². The number of H-pyrrole nitrogens is 1. The van der Waals surface area contributed by atoms with E-state index < -0.39 is 0 Å². The Morgan fingerprint density at radius 2 is 2.41 bits per heavy atom. The molecule has 2 atom stereocenters. The Balaban J connectivity index is 2.09. The van der Waals surface area contributed by atoms with Crippen molar-refractivity contribution < 1.29 is 4.79 Å². The number of nitrogens with two attached hydrogens (primary N) is 1. The van der Waals surface area contributed by atoms with Crippen LogP contribution in [-0.2, 0) is 4.79 Å². The minimum atomic E-state index is -0.358. The predicted octanol–water partition coefficient (Wildman–Crippen LogP) is 0.265. The second kappa shape index (κ2) is 3.33. The molecule has 0 spiro atoms. The highest BCUT2D eigenvalue weighted by Crippen LogP contribution is 2.45. The van der Waals surface area contributed by atoms with Crippen LogP contribution in [0.3, 0.4) is 0 Å². The first-order chi connectivity index (χ1) is 8.08. The molecule has 88 valence electrons. The maximum atomic E-state index is 11.8. The van der Waals surface area contributed by atoms with Gasteiger partial charge >= 0.3 is 0 Å². The van der Waals surface area contributed by atoms with E-state index in [4.69, 9.17) is 17.3 Å². The Bertz CT molecular complexity index is 674. The normalized spacial score (nSPS) is 22.9. The number of aromatic nitrogens is 3. The fraction of sp³-hybridized carbons (Fsp3) is 0.300. The lowest BCUT2D eigenvalue weighted by Crippen LogP contribution is -2.18. The second-order valence-corrected chi connectivity index (χ2v) is 4.55. The van der Waals surface area contributed by atoms with Crippen molar-refractivity contribution in [3.05, 3.63) is 33.5 Å². The molecule has 1 saturated carbocycles. The summed E-state index contributed by atoms with van der Waals surface area (Å²) in [6, 6.07) is 1.60. The number of halogens is 1. The molecule has 17 heavy (non-hydrogen) atoms. The molecule has 0 saturated heterocycles. The number of amides is 1. The zero-order valence-corrected chi connectivity index (χ0v) is 9.44. The smallest absolute Gasteiger partial charge is 0.276 e. The molecule has 1 aliphatic rings. The first kappa shape index (κ1) is 10.3. The lowest BCUT2D eigenvalue weighted by atomic mass is 10.3. The molecule has 0 aliphatic heterocycles. The maximum Gasteiger partial charge on any atom is 0.276 e. The number of nitrogens with zero attached hydrogens (tertiary/aromatic N) is 2. The van der Waals surface area contributed by atoms with Crippen molar-refractivity contribution in [1.29, 1.82) is 0 Å². The highest BCUT2D eigenvalue weighted by molar-refractivity contribution is 6.33. The number of carbonyl (C=O) groups excluding carboxylic acids is 1. The van der Waals surface area contributed by atoms with Gasteiger partial charge in [0.15, 0.2) is 0 Å². The molecule has 1 aliphatic carbocycles. The topological polar surface area (TPSA) is 93.2 Å². The molecule has 2 aromatic rings. The monoisotopic (exact) mass is 252 g/mol. The number of nitrogens with one attached hydrogen (secondary N) is 1. The van der Waals surface area contributed by atoms with Gasteiger partial charge in [-0.25, -0.2) is 4.52 Å². The van der Waals surface area contributed by atoms with E-state index in [1.165, 1.54) is 4.52 Å². The molecule has 0 radical (unpaired) electrons. The van der Waals surface area contributed by atoms with Gasteiger partial charge in [0.2, 0.25) is 5.91 Å². The summed E-state index contributed by atoms with van der Waals surface area (Å²) in [5.41, 5.74) is 5.20. The van der Waals surface area contributed by atoms with E-state index in [-0.39, 0.29) is 23.3 Å². The number of carbonyl (C=O) groups is 1. The average molecular weight is 253 g/mol. The minimum absolute atomic E-state index is 0.0780. The van der Waals surface area contributed by atoms with Crippen LogP contribution < -0.4 is 11.3 Å². The third-order valence-corrected chi connectivity index (χ3v) is 3.30. The van der Waals surface area contributed by atoms with Crippen LogP contribution in [0.25, 0.3) is 5.52 Å². The van der Waals surface area contributed by atoms with Gasteiger partial charge < -0.3 is 10.7 Å². The van der Waals surface area contributed by atoms with Gasteiger partial charge in [0, 0.05) is 18.0 Å². The fourth-order valence-corrected chi connectivity index (χ4v) is 2.22. The van der Waals surface area contributed by atoms with E-state index >= 15 is 0 Å². The average Bonchev–Trinajstić information content (AvgIpc) is 2.98. The molecular formula is C10H9ClN4O2. The zero-order valence-electron chi connectivity index (χ0n) is 8.68. The molecule has 7 heteroatoms. The second-order valence-electron chi connectivity index (χ2n) is 4.15. The van der Waals surface area contributed by atoms with Gasteiger partial charge in [-0.15, -0.1) is 0 Å². The van der Waals surface area contributed by atoms with Gasteiger partial charge in [0.1, 0.15) is 11.3 Å². The van der Waals surface area contributed by atoms with Crippen molar-refractivity contribution in [3.63, 3.8) is 0 Å². The van der Waals surface area contributed by atoms with Crippen LogP contribution in [0.15, 0.2) is 17.1 Å². The van der Waals surface area contributed by atoms with Crippen LogP contribution in [0.4, 0.5) is 0 Å². The Morgan fingerprint density at radius 3 is 3.06 bits per heavy atom. The standard InChI is InChI=1S/C10H9ClN4O2/c11-6-1-2-15-7(6)10(17)13-9(14-15)5-3-4(5)8(12)16/h1-2,4-5H,3H2,(H2,12,16)(H,13,14,17). The molecule has 2 aromatic heterocycles. The lowest BCUT2D eigenvalue weighted by Gasteiger charge is -2.00. The van der Waals surface area contributed by atoms with Crippen molar-refractivity contribution in [2.24, 2.45) is 11.7 Å². The highest BCUT2D eigenvalue weighted by Gasteiger charge is 2.45. The number of rotatable bonds is 2. The van der Waals surface area contributed by atoms with Crippen molar-refractivity contribution in [2.75, 3.05) is 0 Å². The third kappa shape index (κ3) is 1.52. The predicted molar refractivity (Wildman–Crippen MR) is 60.9 cm³/mol. The first-order valence-electron chi connectivity index (χ1n) is 5.14. The van der Waals surface area contributed by atoms with E-state index in [0.29, 0.717) is 22.8 Å². The Hall–Kier alpha value is -1.82. The molecule has 1 fully saturated rings. The SMILES string of the molecule is NC(=O)C1CC1c1nn2ccc(Cl)c2c(=O)[nH]1. The lowest BCUT2D eigenvalue weighted by molar-refractivity contribution is -0.119. The van der Waals surface area contributed by atoms with Crippen LogP contribution in [0.5, 0.6) is 0 Å². The quantitative estimate of drug-likeness (QED) is 0.803. The van der Waals surface area contributed by atoms with Gasteiger partial charge in [-0.2, -0.15) is 5.10 Å². The molecule has 2 unspecified atom stereocenters. The molecule has 3 rings (SSSR count). The van der Waals surface area contributed by atoms with Crippen LogP contribution >= 0.6 is 11.6 Å². The maximum absolute atomic E-state index is 11.8. The molecular weight excluding hydrogens is 244 g/mol. The van der Waals surface area contributed by atoms with Crippen molar-refractivity contribution in [3.8, 4) is 0 Å². The number of aromatic amines is 1. The number of primary amides is 1. The fourth-order valence-electron chi connectivity index (χ4n) is 1.99. The van der Waals surface area contributed by atoms with Crippen LogP contribution in [0.1, 0.15) is 18.2 Å². The van der Waals surface area contributed by atoms with Crippen LogP contribution in [0, 0.1) is 5.92 Å². The van der Waals surface area contributed by atoms with E-state index in [0.717, 1.165) is 0 Å². The minimum Gasteiger partial charge on any atom is -0.369 e. The van der Waals surface area contributed by atoms with Gasteiger partial charge in [-0.1, -0.05) is 11.6 Å². The largest absolute Gasteiger partial charge is 0.369 e. The van der Waals surface area contributed by atoms with Gasteiger partial charge in [-0.3, -0.25) is 9.59 Å². The summed E-state index contributed by atoms with van der Waals surface area (Å²) in [5.74, 6) is -0.172. The highest BCUT2D eigenvalue weighted by atomic mass is 35.5. The third-order valence-electron chi connectivity index (χ3n) is 3.00. The molecule has 0 bridgehead atoms. The molecule has 6 nitrogen and oxygen atoms in total. The summed E-state index contributed by atoms with van der Waals surface area (Å²) in [6.07, 6.45) is 2.25. The first-order valence-corrected chi connectivity index (χ1v) is 5.52. The van der Waals surface area contributed by atoms with Crippen molar-refractivity contribution >= 4 is 23.0 Å². The summed E-state index contributed by atoms with van der Waals surface area (Å²) in [7, 11) is 0. The summed E-state index contributed by atoms with van der Waals surface area (Å²) in [6.45, 7) is 0. The van der Waals surface area contributed by atoms with Gasteiger partial charge in [-0.05, 0) is 12.5 Å². The van der Waals surface area contributed by atoms with Gasteiger partial charge in [0.25, 0.3) is 5.56 Å². The van der Waals surface area contributed by atoms with Crippen LogP contribution in [0.2, 0.25) is 5.02 Å². The van der Waals surface area contributed by atoms with E-state index in [1.807, 2.05) is 0 Å². The van der Waals surface area contributed by atoms with E-state index in [9.17, 15) is 9.59 Å². The summed E-state index contributed by atoms with van der Waals surface area (Å²) in [5, 5.41) is 4.57. The molecule has 0 aromatic carbocycles. The molecule has 1 amide bonds. The number of hydrogen-bond donors (Lipinski definition) is 2. The molecule has 3 N–H and O–H groups in total. The Kier molecular flexibility index (Phi) is 2.03. The summed E-state index contributed by atoms with van der Waals surface area (Å²) >= 11 is 5.85. The molecule has 2 heterocycles. The van der Waals surface area contributed by atoms with E-state index in [1.54, 1.807) is 12.3 Å². The summed E-state index contributed by atoms with van der Waals surface area (Å²) < 4.78 is 1.42. The number of hydrogen-bond acceptors (Lipinski definition) is 3. The van der Waals surface area contributed by atoms with E-state index in [2.05, 4.69) is 10.1 Å². The van der Waals surface area contributed by atoms with Crippen LogP contribution in [-0.4, -0.2) is 20.5 Å². The van der Waals surface area contributed by atoms with Crippen molar-refractivity contribution in [1.82, 2.24) is 14.6 Å². The Morgan fingerprint density at radius 1 is 1.65 bits per heavy atom. The number of fused-ring (bicyclic) bond motifs is 1. The summed E-state index contributed by atoms with van der Waals surface area (Å²) in [4.78, 5) is 25.4. The Labute approximate surface area is 100 Å².